The molecule has 1 N–H and O–H groups in total. The number of nitro benzene ring substituents is 1. The molecule has 0 saturated carbocycles. The molecule has 0 saturated heterocycles. The Balaban J connectivity index is 1.66. The van der Waals surface area contributed by atoms with E-state index in [9.17, 15) is 45.6 Å². The summed E-state index contributed by atoms with van der Waals surface area (Å²) < 4.78 is 99.7. The third-order valence-electron chi connectivity index (χ3n) is 5.43. The summed E-state index contributed by atoms with van der Waals surface area (Å²) in [6, 6.07) is 10.3. The molecule has 1 atom stereocenters. The Hall–Kier alpha value is -3.62. The van der Waals surface area contributed by atoms with Crippen molar-refractivity contribution in [2.75, 3.05) is 20.2 Å². The number of hydrogen-bond donors (Lipinski definition) is 1. The van der Waals surface area contributed by atoms with Crippen LogP contribution in [-0.2, 0) is 22.0 Å². The number of rotatable bonds is 10. The number of halogens is 5. The van der Waals surface area contributed by atoms with Gasteiger partial charge in [0.15, 0.2) is 11.6 Å². The molecule has 0 heterocycles. The van der Waals surface area contributed by atoms with E-state index in [0.29, 0.717) is 6.07 Å². The van der Waals surface area contributed by atoms with E-state index in [2.05, 4.69) is 0 Å². The van der Waals surface area contributed by atoms with Crippen LogP contribution in [0, 0.1) is 21.7 Å². The molecule has 14 heteroatoms. The molecule has 0 aliphatic heterocycles. The van der Waals surface area contributed by atoms with Crippen LogP contribution in [0.3, 0.4) is 0 Å². The van der Waals surface area contributed by atoms with Crippen molar-refractivity contribution < 1.29 is 45.1 Å². The van der Waals surface area contributed by atoms with E-state index in [0.717, 1.165) is 41.7 Å². The van der Waals surface area contributed by atoms with Gasteiger partial charge >= 0.3 is 6.18 Å². The number of nitro groups is 1. The zero-order chi connectivity index (χ0) is 28.3. The van der Waals surface area contributed by atoms with Crippen LogP contribution in [0.1, 0.15) is 11.1 Å². The molecule has 0 fully saturated rings. The number of likely N-dealkylation sites (N-methyl/N-ethyl adjacent to an activating group) is 1. The summed E-state index contributed by atoms with van der Waals surface area (Å²) in [7, 11) is -3.09. The van der Waals surface area contributed by atoms with Gasteiger partial charge in [-0.3, -0.25) is 10.1 Å². The van der Waals surface area contributed by atoms with Crippen molar-refractivity contribution in [1.82, 2.24) is 4.31 Å². The minimum Gasteiger partial charge on any atom is -0.488 e. The molecule has 0 aromatic heterocycles. The zero-order valence-corrected chi connectivity index (χ0v) is 20.5. The first-order valence-electron chi connectivity index (χ1n) is 10.8. The molecule has 3 aromatic rings. The molecule has 3 rings (SSSR count). The molecule has 1 unspecified atom stereocenters. The Labute approximate surface area is 214 Å². The lowest BCUT2D eigenvalue weighted by molar-refractivity contribution is -0.385. The van der Waals surface area contributed by atoms with Gasteiger partial charge in [0.05, 0.1) is 22.3 Å². The number of ether oxygens (including phenoxy) is 1. The highest BCUT2D eigenvalue weighted by molar-refractivity contribution is 7.88. The Kier molecular flexibility index (Phi) is 8.69. The Morgan fingerprint density at radius 3 is 2.34 bits per heavy atom. The van der Waals surface area contributed by atoms with Gasteiger partial charge in [0.2, 0.25) is 10.0 Å². The smallest absolute Gasteiger partial charge is 0.417 e. The molecule has 0 spiro atoms. The molecule has 204 valence electrons. The third kappa shape index (κ3) is 7.02. The SMILES string of the molecule is CN(CC(O)COc1ccc([N+](=O)[O-])cc1F)S(=O)(=O)Cc1ccc(-c2ccccc2C(F)(F)F)cc1F. The third-order valence-corrected chi connectivity index (χ3v) is 7.21. The summed E-state index contributed by atoms with van der Waals surface area (Å²) in [6.07, 6.45) is -6.12. The van der Waals surface area contributed by atoms with E-state index < -0.39 is 74.8 Å². The summed E-state index contributed by atoms with van der Waals surface area (Å²) in [4.78, 5) is 9.85. The van der Waals surface area contributed by atoms with E-state index >= 15 is 0 Å². The molecule has 0 aliphatic rings. The van der Waals surface area contributed by atoms with Crippen LogP contribution in [0.5, 0.6) is 5.75 Å². The van der Waals surface area contributed by atoms with Crippen LogP contribution in [0.4, 0.5) is 27.6 Å². The van der Waals surface area contributed by atoms with Crippen molar-refractivity contribution in [3.8, 4) is 16.9 Å². The Morgan fingerprint density at radius 1 is 1.05 bits per heavy atom. The largest absolute Gasteiger partial charge is 0.488 e. The standard InChI is InChI=1S/C24H21F5N2O6S/c1-30(12-18(32)13-37-23-9-8-17(31(33)34)11-22(23)26)38(35,36)14-16-7-6-15(10-21(16)25)19-4-2-3-5-20(19)24(27,28)29/h2-11,18,32H,12-14H2,1H3. The van der Waals surface area contributed by atoms with Crippen molar-refractivity contribution in [3.63, 3.8) is 0 Å². The van der Waals surface area contributed by atoms with Gasteiger partial charge in [0, 0.05) is 25.2 Å². The molecule has 0 radical (unpaired) electrons. The van der Waals surface area contributed by atoms with Crippen molar-refractivity contribution in [2.45, 2.75) is 18.0 Å². The molecule has 8 nitrogen and oxygen atoms in total. The highest BCUT2D eigenvalue weighted by Gasteiger charge is 2.33. The molecule has 0 amide bonds. The zero-order valence-electron chi connectivity index (χ0n) is 19.7. The van der Waals surface area contributed by atoms with E-state index in [1.165, 1.54) is 24.3 Å². The van der Waals surface area contributed by atoms with Crippen molar-refractivity contribution in [2.24, 2.45) is 0 Å². The quantitative estimate of drug-likeness (QED) is 0.218. The van der Waals surface area contributed by atoms with Gasteiger partial charge in [0.1, 0.15) is 18.5 Å². The second-order valence-electron chi connectivity index (χ2n) is 8.22. The van der Waals surface area contributed by atoms with E-state index in [1.807, 2.05) is 0 Å². The summed E-state index contributed by atoms with van der Waals surface area (Å²) in [6.45, 7) is -1.08. The normalized spacial score (nSPS) is 12.9. The fraction of sp³-hybridized carbons (Fsp3) is 0.250. The van der Waals surface area contributed by atoms with Gasteiger partial charge in [-0.25, -0.2) is 21.5 Å². The maximum absolute atomic E-state index is 14.7. The van der Waals surface area contributed by atoms with Gasteiger partial charge in [-0.2, -0.15) is 13.2 Å². The maximum atomic E-state index is 14.7. The monoisotopic (exact) mass is 560 g/mol. The molecular weight excluding hydrogens is 539 g/mol. The molecule has 38 heavy (non-hydrogen) atoms. The van der Waals surface area contributed by atoms with Gasteiger partial charge < -0.3 is 9.84 Å². The van der Waals surface area contributed by atoms with E-state index in [4.69, 9.17) is 4.74 Å². The highest BCUT2D eigenvalue weighted by atomic mass is 32.2. The fourth-order valence-corrected chi connectivity index (χ4v) is 4.74. The second-order valence-corrected chi connectivity index (χ2v) is 10.3. The van der Waals surface area contributed by atoms with Crippen LogP contribution in [-0.4, -0.2) is 49.1 Å². The predicted molar refractivity (Wildman–Crippen MR) is 127 cm³/mol. The maximum Gasteiger partial charge on any atom is 0.417 e. The molecule has 0 bridgehead atoms. The van der Waals surface area contributed by atoms with Crippen LogP contribution >= 0.6 is 0 Å². The molecule has 0 aliphatic carbocycles. The van der Waals surface area contributed by atoms with Crippen LogP contribution in [0.15, 0.2) is 60.7 Å². The van der Waals surface area contributed by atoms with Gasteiger partial charge in [-0.15, -0.1) is 0 Å². The number of aliphatic hydroxyl groups is 1. The topological polar surface area (TPSA) is 110 Å². The minimum atomic E-state index is -4.67. The fourth-order valence-electron chi connectivity index (χ4n) is 3.49. The predicted octanol–water partition coefficient (Wildman–Crippen LogP) is 4.76. The van der Waals surface area contributed by atoms with Crippen LogP contribution < -0.4 is 4.74 Å². The lowest BCUT2D eigenvalue weighted by atomic mass is 9.98. The summed E-state index contributed by atoms with van der Waals surface area (Å²) in [5, 5.41) is 20.8. The summed E-state index contributed by atoms with van der Waals surface area (Å²) in [5.41, 5.74) is -2.13. The second kappa shape index (κ2) is 11.4. The first-order valence-corrected chi connectivity index (χ1v) is 12.4. The Morgan fingerprint density at radius 2 is 1.74 bits per heavy atom. The van der Waals surface area contributed by atoms with Crippen LogP contribution in [0.25, 0.3) is 11.1 Å². The van der Waals surface area contributed by atoms with Gasteiger partial charge in [0.25, 0.3) is 5.69 Å². The lowest BCUT2D eigenvalue weighted by Crippen LogP contribution is -2.37. The number of hydrogen-bond acceptors (Lipinski definition) is 6. The van der Waals surface area contributed by atoms with Gasteiger partial charge in [-0.05, 0) is 29.3 Å². The summed E-state index contributed by atoms with van der Waals surface area (Å²) in [5.74, 6) is -3.33. The highest BCUT2D eigenvalue weighted by Crippen LogP contribution is 2.37. The number of alkyl halides is 3. The first-order chi connectivity index (χ1) is 17.7. The minimum absolute atomic E-state index is 0.0871. The molecular formula is C24H21F5N2O6S. The molecule has 3 aromatic carbocycles. The lowest BCUT2D eigenvalue weighted by Gasteiger charge is -2.21. The van der Waals surface area contributed by atoms with E-state index in [1.54, 1.807) is 0 Å². The average Bonchev–Trinajstić information content (AvgIpc) is 2.83. The number of sulfonamides is 1. The Bertz CT molecular complexity index is 1430. The van der Waals surface area contributed by atoms with Crippen molar-refractivity contribution in [1.29, 1.82) is 0 Å². The number of aliphatic hydroxyl groups excluding tert-OH is 1. The van der Waals surface area contributed by atoms with Crippen LogP contribution in [0.2, 0.25) is 0 Å². The van der Waals surface area contributed by atoms with Gasteiger partial charge in [-0.1, -0.05) is 30.3 Å². The average molecular weight is 560 g/mol. The number of nitrogens with zero attached hydrogens (tertiary/aromatic N) is 2. The number of benzene rings is 3. The van der Waals surface area contributed by atoms with Crippen molar-refractivity contribution >= 4 is 15.7 Å². The van der Waals surface area contributed by atoms with E-state index in [-0.39, 0.29) is 16.7 Å². The number of non-ortho nitro benzene ring substituents is 1. The van der Waals surface area contributed by atoms with Crippen molar-refractivity contribution in [3.05, 3.63) is 93.5 Å². The summed E-state index contributed by atoms with van der Waals surface area (Å²) >= 11 is 0. The first kappa shape index (κ1) is 28.9.